The number of rotatable bonds is 5. The number of anilines is 1. The summed E-state index contributed by atoms with van der Waals surface area (Å²) in [4.78, 5) is 24.6. The first-order valence-corrected chi connectivity index (χ1v) is 11.5. The van der Waals surface area contributed by atoms with Crippen molar-refractivity contribution < 1.29 is 14.3 Å². The van der Waals surface area contributed by atoms with Crippen LogP contribution < -0.4 is 5.32 Å². The van der Waals surface area contributed by atoms with Gasteiger partial charge >= 0.3 is 0 Å². The Morgan fingerprint density at radius 2 is 2.12 bits per heavy atom. The quantitative estimate of drug-likeness (QED) is 0.624. The molecule has 2 aliphatic rings. The van der Waals surface area contributed by atoms with E-state index in [0.29, 0.717) is 56.3 Å². The molecule has 1 atom stereocenters. The third-order valence-electron chi connectivity index (χ3n) is 7.13. The van der Waals surface area contributed by atoms with Crippen molar-refractivity contribution in [3.05, 3.63) is 58.5 Å². The lowest BCUT2D eigenvalue weighted by molar-refractivity contribution is -0.167. The number of carbonyl (C=O) groups excluding carboxylic acids is 1. The molecule has 3 aromatic rings. The van der Waals surface area contributed by atoms with Crippen LogP contribution in [0.1, 0.15) is 53.8 Å². The molecule has 1 N–H and O–H groups in total. The number of amides is 1. The van der Waals surface area contributed by atoms with Gasteiger partial charge in [-0.25, -0.2) is 4.98 Å². The van der Waals surface area contributed by atoms with Gasteiger partial charge in [-0.2, -0.15) is 10.2 Å². The Labute approximate surface area is 198 Å². The van der Waals surface area contributed by atoms with Crippen LogP contribution in [-0.4, -0.2) is 51.1 Å². The minimum Gasteiger partial charge on any atom is -0.381 e. The molecule has 2 aromatic heterocycles. The summed E-state index contributed by atoms with van der Waals surface area (Å²) in [5.41, 5.74) is 3.75. The summed E-state index contributed by atoms with van der Waals surface area (Å²) < 4.78 is 13.2. The average Bonchev–Trinajstić information content (AvgIpc) is 3.51. The van der Waals surface area contributed by atoms with Gasteiger partial charge in [-0.3, -0.25) is 9.20 Å². The molecule has 5 rings (SSSR count). The summed E-state index contributed by atoms with van der Waals surface area (Å²) in [6, 6.07) is 7.90. The molecule has 0 radical (unpaired) electrons. The zero-order chi connectivity index (χ0) is 23.9. The maximum Gasteiger partial charge on any atom is 0.255 e. The highest BCUT2D eigenvalue weighted by molar-refractivity contribution is 5.86. The number of carbonyl (C=O) groups is 1. The summed E-state index contributed by atoms with van der Waals surface area (Å²) in [6.45, 7) is 5.93. The molecule has 34 heavy (non-hydrogen) atoms. The van der Waals surface area contributed by atoms with Gasteiger partial charge in [0.2, 0.25) is 5.78 Å². The second-order valence-electron chi connectivity index (χ2n) is 8.95. The van der Waals surface area contributed by atoms with Gasteiger partial charge in [0.15, 0.2) is 5.60 Å². The molecule has 0 spiro atoms. The highest BCUT2D eigenvalue weighted by Crippen LogP contribution is 2.35. The number of nitrogens with one attached hydrogen (secondary N) is 1. The third kappa shape index (κ3) is 3.59. The number of ether oxygens (including phenoxy) is 2. The molecule has 1 amide bonds. The molecule has 1 fully saturated rings. The van der Waals surface area contributed by atoms with Crippen LogP contribution in [0, 0.1) is 18.3 Å². The van der Waals surface area contributed by atoms with E-state index in [2.05, 4.69) is 16.4 Å². The van der Waals surface area contributed by atoms with Crippen molar-refractivity contribution in [2.45, 2.75) is 51.4 Å². The number of fused-ring (bicyclic) bond motifs is 3. The van der Waals surface area contributed by atoms with Crippen molar-refractivity contribution in [1.82, 2.24) is 19.3 Å². The maximum absolute atomic E-state index is 13.6. The first-order valence-electron chi connectivity index (χ1n) is 11.5. The van der Waals surface area contributed by atoms with Gasteiger partial charge in [0, 0.05) is 51.1 Å². The zero-order valence-corrected chi connectivity index (χ0v) is 19.7. The van der Waals surface area contributed by atoms with Gasteiger partial charge in [0.1, 0.15) is 5.82 Å². The maximum atomic E-state index is 13.6. The van der Waals surface area contributed by atoms with E-state index in [-0.39, 0.29) is 11.9 Å². The first-order chi connectivity index (χ1) is 16.5. The van der Waals surface area contributed by atoms with Gasteiger partial charge in [-0.15, -0.1) is 0 Å². The smallest absolute Gasteiger partial charge is 0.255 e. The van der Waals surface area contributed by atoms with Gasteiger partial charge in [-0.1, -0.05) is 12.1 Å². The van der Waals surface area contributed by atoms with Crippen LogP contribution in [0.25, 0.3) is 5.78 Å². The van der Waals surface area contributed by atoms with Gasteiger partial charge < -0.3 is 19.7 Å². The van der Waals surface area contributed by atoms with E-state index in [0.717, 1.165) is 22.4 Å². The number of methoxy groups -OCH3 is 1. The predicted octanol–water partition coefficient (Wildman–Crippen LogP) is 3.12. The number of benzene rings is 1. The standard InChI is InChI=1S/C25H28N6O3/c1-16-18(13-26)5-4-6-19(16)17(2)28-22-20-14-30(15-21(20)31-10-9-27-24(31)29-22)23(32)25(33-3)7-11-34-12-8-25/h4-6,9-10,17H,7-8,11-12,14-15H2,1-3H3,(H,27,28,29). The summed E-state index contributed by atoms with van der Waals surface area (Å²) in [7, 11) is 1.61. The fraction of sp³-hybridized carbons (Fsp3) is 0.440. The number of hydrogen-bond donors (Lipinski definition) is 1. The molecular weight excluding hydrogens is 432 g/mol. The van der Waals surface area contributed by atoms with Crippen molar-refractivity contribution in [3.8, 4) is 6.07 Å². The van der Waals surface area contributed by atoms with Crippen molar-refractivity contribution >= 4 is 17.5 Å². The number of imidazole rings is 1. The summed E-state index contributed by atoms with van der Waals surface area (Å²) in [6.07, 6.45) is 4.69. The van der Waals surface area contributed by atoms with E-state index >= 15 is 0 Å². The Hall–Kier alpha value is -3.48. The van der Waals surface area contributed by atoms with Crippen molar-refractivity contribution in [3.63, 3.8) is 0 Å². The first kappa shape index (κ1) is 22.3. The van der Waals surface area contributed by atoms with Crippen LogP contribution in [0.5, 0.6) is 0 Å². The lowest BCUT2D eigenvalue weighted by Crippen LogP contribution is -2.51. The Bertz CT molecular complexity index is 1290. The highest BCUT2D eigenvalue weighted by atomic mass is 16.5. The predicted molar refractivity (Wildman–Crippen MR) is 125 cm³/mol. The fourth-order valence-corrected chi connectivity index (χ4v) is 5.09. The van der Waals surface area contributed by atoms with Crippen molar-refractivity contribution in [2.75, 3.05) is 25.6 Å². The molecule has 9 nitrogen and oxygen atoms in total. The zero-order valence-electron chi connectivity index (χ0n) is 19.7. The van der Waals surface area contributed by atoms with Crippen LogP contribution in [0.2, 0.25) is 0 Å². The van der Waals surface area contributed by atoms with Crippen LogP contribution in [-0.2, 0) is 27.4 Å². The lowest BCUT2D eigenvalue weighted by atomic mass is 9.92. The third-order valence-corrected chi connectivity index (χ3v) is 7.13. The molecule has 0 aliphatic carbocycles. The fourth-order valence-electron chi connectivity index (χ4n) is 5.09. The molecular formula is C25H28N6O3. The van der Waals surface area contributed by atoms with E-state index in [1.165, 1.54) is 0 Å². The van der Waals surface area contributed by atoms with E-state index in [9.17, 15) is 10.1 Å². The molecule has 0 saturated carbocycles. The topological polar surface area (TPSA) is 105 Å². The molecule has 4 heterocycles. The number of nitrogens with zero attached hydrogens (tertiary/aromatic N) is 5. The van der Waals surface area contributed by atoms with Crippen molar-refractivity contribution in [2.24, 2.45) is 0 Å². The Morgan fingerprint density at radius 3 is 2.85 bits per heavy atom. The summed E-state index contributed by atoms with van der Waals surface area (Å²) >= 11 is 0. The van der Waals surface area contributed by atoms with E-state index < -0.39 is 5.60 Å². The average molecular weight is 461 g/mol. The normalized spacial score (nSPS) is 17.9. The van der Waals surface area contributed by atoms with Crippen LogP contribution in [0.4, 0.5) is 5.82 Å². The second-order valence-corrected chi connectivity index (χ2v) is 8.95. The Balaban J connectivity index is 1.48. The van der Waals surface area contributed by atoms with Crippen LogP contribution in [0.3, 0.4) is 0 Å². The monoisotopic (exact) mass is 460 g/mol. The minimum absolute atomic E-state index is 0.0145. The van der Waals surface area contributed by atoms with Crippen LogP contribution in [0.15, 0.2) is 30.6 Å². The Morgan fingerprint density at radius 1 is 1.32 bits per heavy atom. The number of hydrogen-bond acceptors (Lipinski definition) is 7. The van der Waals surface area contributed by atoms with E-state index in [1.54, 1.807) is 13.3 Å². The summed E-state index contributed by atoms with van der Waals surface area (Å²) in [5.74, 6) is 1.27. The molecule has 176 valence electrons. The SMILES string of the molecule is COC1(C(=O)N2Cc3c(NC(C)c4cccc(C#N)c4C)nc4nccn4c3C2)CCOCC1. The number of aromatic nitrogens is 3. The number of nitriles is 1. The van der Waals surface area contributed by atoms with Gasteiger partial charge in [-0.05, 0) is 31.0 Å². The lowest BCUT2D eigenvalue weighted by Gasteiger charge is -2.37. The molecule has 1 unspecified atom stereocenters. The Kier molecular flexibility index (Phi) is 5.71. The molecule has 9 heteroatoms. The molecule has 1 saturated heterocycles. The largest absolute Gasteiger partial charge is 0.381 e. The van der Waals surface area contributed by atoms with Gasteiger partial charge in [0.05, 0.1) is 36.5 Å². The van der Waals surface area contributed by atoms with Gasteiger partial charge in [0.25, 0.3) is 5.91 Å². The van der Waals surface area contributed by atoms with Crippen molar-refractivity contribution in [1.29, 1.82) is 5.26 Å². The summed E-state index contributed by atoms with van der Waals surface area (Å²) in [5, 5.41) is 12.9. The highest BCUT2D eigenvalue weighted by Gasteiger charge is 2.45. The minimum atomic E-state index is -0.850. The van der Waals surface area contributed by atoms with E-state index in [4.69, 9.17) is 14.5 Å². The van der Waals surface area contributed by atoms with Crippen LogP contribution >= 0.6 is 0 Å². The molecule has 0 bridgehead atoms. The molecule has 1 aromatic carbocycles. The van der Waals surface area contributed by atoms with E-state index in [1.807, 2.05) is 47.5 Å². The second kappa shape index (κ2) is 8.70. The molecule has 2 aliphatic heterocycles.